The molecule has 4 fully saturated rings. The largest absolute Gasteiger partial charge is 0.508 e. The fourth-order valence-electron chi connectivity index (χ4n) is 6.60. The van der Waals surface area contributed by atoms with E-state index >= 15 is 0 Å². The number of carbonyl (C=O) groups is 2. The third-order valence-electron chi connectivity index (χ3n) is 8.12. The van der Waals surface area contributed by atoms with Crippen LogP contribution in [0.3, 0.4) is 0 Å². The molecule has 3 saturated heterocycles. The van der Waals surface area contributed by atoms with E-state index in [4.69, 9.17) is 0 Å². The first-order chi connectivity index (χ1) is 16.4. The lowest BCUT2D eigenvalue weighted by Crippen LogP contribution is -2.75. The zero-order valence-corrected chi connectivity index (χ0v) is 20.0. The van der Waals surface area contributed by atoms with Crippen LogP contribution in [0.1, 0.15) is 44.2 Å². The van der Waals surface area contributed by atoms with Crippen LogP contribution in [0.15, 0.2) is 54.6 Å². The number of rotatable bonds is 8. The Kier molecular flexibility index (Phi) is 6.11. The SMILES string of the molecule is CC(C)CCC1C2C3C(=O)NC1(C(=O)NCc1ccccc1)CC3CN2Cc1ccc(O)cc1. The molecule has 3 N–H and O–H groups in total. The van der Waals surface area contributed by atoms with Gasteiger partial charge in [-0.3, -0.25) is 14.5 Å². The lowest BCUT2D eigenvalue weighted by Gasteiger charge is -2.55. The van der Waals surface area contributed by atoms with Gasteiger partial charge in [-0.15, -0.1) is 0 Å². The predicted octanol–water partition coefficient (Wildman–Crippen LogP) is 3.45. The maximum atomic E-state index is 13.8. The highest BCUT2D eigenvalue weighted by atomic mass is 16.3. The maximum Gasteiger partial charge on any atom is 0.246 e. The summed E-state index contributed by atoms with van der Waals surface area (Å²) in [6, 6.07) is 17.3. The topological polar surface area (TPSA) is 81.7 Å². The van der Waals surface area contributed by atoms with Crippen molar-refractivity contribution >= 4 is 11.8 Å². The number of nitrogens with one attached hydrogen (secondary N) is 2. The Balaban J connectivity index is 1.43. The van der Waals surface area contributed by atoms with Gasteiger partial charge in [-0.2, -0.15) is 0 Å². The van der Waals surface area contributed by atoms with Gasteiger partial charge in [0.15, 0.2) is 0 Å². The predicted molar refractivity (Wildman–Crippen MR) is 131 cm³/mol. The average Bonchev–Trinajstić information content (AvgIpc) is 3.12. The Hall–Kier alpha value is -2.86. The Bertz CT molecular complexity index is 1040. The van der Waals surface area contributed by atoms with Crippen molar-refractivity contribution in [1.29, 1.82) is 0 Å². The van der Waals surface area contributed by atoms with Crippen LogP contribution >= 0.6 is 0 Å². The second-order valence-electron chi connectivity index (χ2n) is 10.8. The molecule has 0 aromatic heterocycles. The number of hydrogen-bond donors (Lipinski definition) is 3. The lowest BCUT2D eigenvalue weighted by atomic mass is 9.57. The summed E-state index contributed by atoms with van der Waals surface area (Å²) in [6.45, 7) is 6.45. The fourth-order valence-corrected chi connectivity index (χ4v) is 6.60. The van der Waals surface area contributed by atoms with E-state index in [1.807, 2.05) is 42.5 Å². The summed E-state index contributed by atoms with van der Waals surface area (Å²) in [5, 5.41) is 16.1. The van der Waals surface area contributed by atoms with E-state index in [-0.39, 0.29) is 41.4 Å². The summed E-state index contributed by atoms with van der Waals surface area (Å²) < 4.78 is 0. The van der Waals surface area contributed by atoms with Crippen molar-refractivity contribution in [3.05, 3.63) is 65.7 Å². The number of amides is 2. The van der Waals surface area contributed by atoms with E-state index in [9.17, 15) is 14.7 Å². The Labute approximate surface area is 201 Å². The monoisotopic (exact) mass is 461 g/mol. The number of fused-ring (bicyclic) bond motifs is 1. The highest BCUT2D eigenvalue weighted by Gasteiger charge is 2.67. The average molecular weight is 462 g/mol. The van der Waals surface area contributed by atoms with Gasteiger partial charge in [0, 0.05) is 31.6 Å². The molecule has 6 nitrogen and oxygen atoms in total. The Morgan fingerprint density at radius 2 is 1.88 bits per heavy atom. The van der Waals surface area contributed by atoms with Gasteiger partial charge in [0.05, 0.1) is 5.92 Å². The first kappa shape index (κ1) is 22.9. The molecular weight excluding hydrogens is 426 g/mol. The van der Waals surface area contributed by atoms with Crippen molar-refractivity contribution in [3.63, 3.8) is 0 Å². The molecule has 2 aromatic carbocycles. The highest BCUT2D eigenvalue weighted by Crippen LogP contribution is 2.54. The van der Waals surface area contributed by atoms with Gasteiger partial charge in [0.25, 0.3) is 0 Å². The van der Waals surface area contributed by atoms with Crippen LogP contribution in [0.4, 0.5) is 0 Å². The number of nitrogens with zero attached hydrogens (tertiary/aromatic N) is 1. The van der Waals surface area contributed by atoms with Gasteiger partial charge in [-0.25, -0.2) is 0 Å². The van der Waals surface area contributed by atoms with Gasteiger partial charge in [0.1, 0.15) is 11.3 Å². The molecule has 3 heterocycles. The smallest absolute Gasteiger partial charge is 0.246 e. The van der Waals surface area contributed by atoms with E-state index < -0.39 is 5.54 Å². The summed E-state index contributed by atoms with van der Waals surface area (Å²) >= 11 is 0. The van der Waals surface area contributed by atoms with Crippen molar-refractivity contribution < 1.29 is 14.7 Å². The van der Waals surface area contributed by atoms with Crippen LogP contribution in [0.5, 0.6) is 5.75 Å². The molecule has 0 radical (unpaired) electrons. The normalized spacial score (nSPS) is 29.9. The molecule has 34 heavy (non-hydrogen) atoms. The van der Waals surface area contributed by atoms with Gasteiger partial charge in [-0.1, -0.05) is 62.7 Å². The van der Waals surface area contributed by atoms with Crippen LogP contribution in [0, 0.1) is 23.7 Å². The first-order valence-corrected chi connectivity index (χ1v) is 12.5. The second-order valence-corrected chi connectivity index (χ2v) is 10.8. The molecule has 2 amide bonds. The van der Waals surface area contributed by atoms with E-state index in [2.05, 4.69) is 29.4 Å². The van der Waals surface area contributed by atoms with Crippen LogP contribution in [0.25, 0.3) is 0 Å². The van der Waals surface area contributed by atoms with Gasteiger partial charge in [-0.05, 0) is 47.9 Å². The molecule has 5 unspecified atom stereocenters. The first-order valence-electron chi connectivity index (χ1n) is 12.5. The van der Waals surface area contributed by atoms with Crippen molar-refractivity contribution in [2.75, 3.05) is 6.54 Å². The molecular formula is C28H35N3O3. The summed E-state index contributed by atoms with van der Waals surface area (Å²) in [7, 11) is 0. The number of hydrogen-bond acceptors (Lipinski definition) is 4. The minimum Gasteiger partial charge on any atom is -0.508 e. The number of carbonyl (C=O) groups excluding carboxylic acids is 2. The van der Waals surface area contributed by atoms with Crippen molar-refractivity contribution in [1.82, 2.24) is 15.5 Å². The number of phenolic OH excluding ortho intramolecular Hbond substituents is 1. The molecule has 2 aromatic rings. The summed E-state index contributed by atoms with van der Waals surface area (Å²) in [4.78, 5) is 29.5. The molecule has 1 aliphatic carbocycles. The van der Waals surface area contributed by atoms with Gasteiger partial charge in [0.2, 0.25) is 11.8 Å². The fraction of sp³-hybridized carbons (Fsp3) is 0.500. The third kappa shape index (κ3) is 4.09. The number of benzene rings is 2. The molecule has 6 rings (SSSR count). The molecule has 4 bridgehead atoms. The molecule has 1 saturated carbocycles. The number of phenols is 1. The zero-order valence-electron chi connectivity index (χ0n) is 20.0. The van der Waals surface area contributed by atoms with Crippen LogP contribution in [-0.4, -0.2) is 39.9 Å². The lowest BCUT2D eigenvalue weighted by molar-refractivity contribution is -0.155. The Morgan fingerprint density at radius 3 is 2.59 bits per heavy atom. The minimum atomic E-state index is -0.853. The molecule has 0 spiro atoms. The summed E-state index contributed by atoms with van der Waals surface area (Å²) in [6.07, 6.45) is 2.64. The van der Waals surface area contributed by atoms with Gasteiger partial charge < -0.3 is 15.7 Å². The number of aromatic hydroxyl groups is 1. The zero-order chi connectivity index (χ0) is 23.9. The summed E-state index contributed by atoms with van der Waals surface area (Å²) in [5.74, 6) is 0.980. The maximum absolute atomic E-state index is 13.8. The van der Waals surface area contributed by atoms with Crippen LogP contribution in [-0.2, 0) is 22.7 Å². The van der Waals surface area contributed by atoms with Crippen LogP contribution < -0.4 is 10.6 Å². The molecule has 5 atom stereocenters. The minimum absolute atomic E-state index is 0.0325. The van der Waals surface area contributed by atoms with Crippen molar-refractivity contribution in [2.45, 2.75) is 57.8 Å². The van der Waals surface area contributed by atoms with E-state index in [0.717, 1.165) is 37.1 Å². The number of likely N-dealkylation sites (tertiary alicyclic amines) is 1. The molecule has 4 aliphatic rings. The molecule has 180 valence electrons. The standard InChI is InChI=1S/C28H35N3O3/c1-18(2)8-13-23-25-24-21(17-31(25)16-20-9-11-22(32)12-10-20)14-28(23,30-26(24)33)27(34)29-15-19-6-4-3-5-7-19/h3-7,9-12,18,21,23-25,32H,8,13-17H2,1-2H3,(H,29,34)(H,30,33). The number of piperidine rings is 2. The van der Waals surface area contributed by atoms with E-state index in [1.165, 1.54) is 0 Å². The quantitative estimate of drug-likeness (QED) is 0.563. The van der Waals surface area contributed by atoms with E-state index in [0.29, 0.717) is 18.9 Å². The van der Waals surface area contributed by atoms with Gasteiger partial charge >= 0.3 is 0 Å². The Morgan fingerprint density at radius 1 is 1.15 bits per heavy atom. The second kappa shape index (κ2) is 9.06. The third-order valence-corrected chi connectivity index (χ3v) is 8.12. The van der Waals surface area contributed by atoms with E-state index in [1.54, 1.807) is 12.1 Å². The molecule has 6 heteroatoms. The highest BCUT2D eigenvalue weighted by molar-refractivity contribution is 5.96. The van der Waals surface area contributed by atoms with Crippen LogP contribution in [0.2, 0.25) is 0 Å². The molecule has 3 aliphatic heterocycles. The van der Waals surface area contributed by atoms with Crippen molar-refractivity contribution in [2.24, 2.45) is 23.7 Å². The van der Waals surface area contributed by atoms with Crippen molar-refractivity contribution in [3.8, 4) is 5.75 Å². The summed E-state index contributed by atoms with van der Waals surface area (Å²) in [5.41, 5.74) is 1.32.